The van der Waals surface area contributed by atoms with Crippen molar-refractivity contribution in [2.45, 2.75) is 0 Å². The van der Waals surface area contributed by atoms with E-state index in [1.807, 2.05) is 6.07 Å². The van der Waals surface area contributed by atoms with Gasteiger partial charge in [0.25, 0.3) is 0 Å². The molecule has 0 aromatic heterocycles. The Morgan fingerprint density at radius 2 is 1.35 bits per heavy atom. The van der Waals surface area contributed by atoms with Crippen LogP contribution >= 0.6 is 7.60 Å². The molecule has 1 unspecified atom stereocenters. The summed E-state index contributed by atoms with van der Waals surface area (Å²) in [7, 11) is -3.77. The van der Waals surface area contributed by atoms with Crippen LogP contribution in [0.25, 0.3) is 0 Å². The predicted molar refractivity (Wildman–Crippen MR) is 63.0 cm³/mol. The average molecular weight is 293 g/mol. The fraction of sp³-hybridized carbons (Fsp3) is 0. The molecule has 1 atom stereocenters. The van der Waals surface area contributed by atoms with E-state index in [4.69, 9.17) is 4.52 Å². The molecule has 0 saturated heterocycles. The zero-order chi connectivity index (χ0) is 11.4. The largest absolute Gasteiger partial charge is 0.421 e. The van der Waals surface area contributed by atoms with Crippen LogP contribution in [-0.4, -0.2) is 4.89 Å². The minimum absolute atomic E-state index is 0. The Labute approximate surface area is 110 Å². The maximum absolute atomic E-state index is 11.9. The summed E-state index contributed by atoms with van der Waals surface area (Å²) < 4.78 is 17.0. The van der Waals surface area contributed by atoms with E-state index in [0.29, 0.717) is 11.1 Å². The second-order valence-corrected chi connectivity index (χ2v) is 5.00. The number of para-hydroxylation sites is 1. The van der Waals surface area contributed by atoms with Crippen LogP contribution in [0.2, 0.25) is 0 Å². The average Bonchev–Trinajstić information content (AvgIpc) is 2.31. The van der Waals surface area contributed by atoms with Crippen molar-refractivity contribution in [1.29, 1.82) is 0 Å². The summed E-state index contributed by atoms with van der Waals surface area (Å²) in [6.45, 7) is 0. The fourth-order valence-corrected chi connectivity index (χ4v) is 2.36. The Bertz CT molecular complexity index is 502. The predicted octanol–water partition coefficient (Wildman–Crippen LogP) is 2.57. The minimum Gasteiger partial charge on any atom is -0.421 e. The minimum atomic E-state index is -3.77. The third-order valence-corrected chi connectivity index (χ3v) is 3.46. The molecule has 0 aliphatic heterocycles. The standard InChI is InChI=1S/C12H11O3P.Ni/c13-16(14,12-9-5-2-6-10-12)15-11-7-3-1-4-8-11;/h1-10H,(H,13,14);. The van der Waals surface area contributed by atoms with Gasteiger partial charge in [-0.15, -0.1) is 0 Å². The van der Waals surface area contributed by atoms with E-state index < -0.39 is 7.60 Å². The van der Waals surface area contributed by atoms with E-state index in [-0.39, 0.29) is 16.5 Å². The van der Waals surface area contributed by atoms with Crippen molar-refractivity contribution in [3.8, 4) is 5.75 Å². The van der Waals surface area contributed by atoms with Crippen molar-refractivity contribution >= 4 is 12.9 Å². The van der Waals surface area contributed by atoms with Gasteiger partial charge < -0.3 is 9.42 Å². The zero-order valence-corrected chi connectivity index (χ0v) is 10.7. The molecule has 0 spiro atoms. The first kappa shape index (κ1) is 14.0. The summed E-state index contributed by atoms with van der Waals surface area (Å²) in [5.74, 6) is 0.386. The third kappa shape index (κ3) is 3.71. The van der Waals surface area contributed by atoms with Crippen molar-refractivity contribution in [3.63, 3.8) is 0 Å². The van der Waals surface area contributed by atoms with E-state index in [1.54, 1.807) is 54.6 Å². The van der Waals surface area contributed by atoms with E-state index in [1.165, 1.54) is 0 Å². The fourth-order valence-electron chi connectivity index (χ4n) is 1.29. The van der Waals surface area contributed by atoms with Crippen LogP contribution in [0.1, 0.15) is 0 Å². The number of hydrogen-bond acceptors (Lipinski definition) is 2. The van der Waals surface area contributed by atoms with Crippen LogP contribution in [-0.2, 0) is 21.1 Å². The summed E-state index contributed by atoms with van der Waals surface area (Å²) in [5.41, 5.74) is 0. The molecule has 17 heavy (non-hydrogen) atoms. The Morgan fingerprint density at radius 1 is 0.882 bits per heavy atom. The molecule has 0 bridgehead atoms. The molecule has 0 radical (unpaired) electrons. The topological polar surface area (TPSA) is 46.5 Å². The Morgan fingerprint density at radius 3 is 1.88 bits per heavy atom. The van der Waals surface area contributed by atoms with Gasteiger partial charge in [0.1, 0.15) is 5.75 Å². The normalized spacial score (nSPS) is 13.2. The van der Waals surface area contributed by atoms with Gasteiger partial charge in [-0.25, -0.2) is 4.57 Å². The molecule has 5 heteroatoms. The quantitative estimate of drug-likeness (QED) is 0.699. The van der Waals surface area contributed by atoms with Crippen molar-refractivity contribution in [2.24, 2.45) is 0 Å². The molecule has 0 aliphatic rings. The third-order valence-electron chi connectivity index (χ3n) is 2.05. The molecule has 92 valence electrons. The molecule has 0 aliphatic carbocycles. The van der Waals surface area contributed by atoms with Gasteiger partial charge in [-0.3, -0.25) is 0 Å². The second kappa shape index (κ2) is 6.02. The molecule has 2 aromatic carbocycles. The Hall–Kier alpha value is -1.08. The smallest absolute Gasteiger partial charge is 0.408 e. The number of benzene rings is 2. The van der Waals surface area contributed by atoms with Gasteiger partial charge in [-0.1, -0.05) is 36.4 Å². The van der Waals surface area contributed by atoms with Crippen LogP contribution in [0.5, 0.6) is 5.75 Å². The first-order valence-electron chi connectivity index (χ1n) is 4.81. The summed E-state index contributed by atoms with van der Waals surface area (Å²) in [6, 6.07) is 16.9. The van der Waals surface area contributed by atoms with Crippen molar-refractivity contribution < 1.29 is 30.5 Å². The van der Waals surface area contributed by atoms with Crippen molar-refractivity contribution in [1.82, 2.24) is 0 Å². The monoisotopic (exact) mass is 292 g/mol. The van der Waals surface area contributed by atoms with E-state index >= 15 is 0 Å². The SMILES string of the molecule is O=P(O)(Oc1ccccc1)c1ccccc1.[Ni]. The summed E-state index contributed by atoms with van der Waals surface area (Å²) in [4.78, 5) is 9.77. The summed E-state index contributed by atoms with van der Waals surface area (Å²) >= 11 is 0. The van der Waals surface area contributed by atoms with E-state index in [2.05, 4.69) is 0 Å². The van der Waals surface area contributed by atoms with E-state index in [9.17, 15) is 9.46 Å². The molecular formula is C12H11NiO3P. The molecule has 0 saturated carbocycles. The molecule has 2 aromatic rings. The van der Waals surface area contributed by atoms with Crippen LogP contribution in [0.3, 0.4) is 0 Å². The molecule has 2 rings (SSSR count). The summed E-state index contributed by atoms with van der Waals surface area (Å²) in [5, 5.41) is 0.291. The molecule has 3 nitrogen and oxygen atoms in total. The molecule has 0 heterocycles. The van der Waals surface area contributed by atoms with Crippen LogP contribution in [0.4, 0.5) is 0 Å². The maximum atomic E-state index is 11.9. The van der Waals surface area contributed by atoms with Crippen LogP contribution in [0, 0.1) is 0 Å². The van der Waals surface area contributed by atoms with Gasteiger partial charge in [0, 0.05) is 16.5 Å². The van der Waals surface area contributed by atoms with E-state index in [0.717, 1.165) is 0 Å². The Kier molecular flexibility index (Phi) is 4.95. The van der Waals surface area contributed by atoms with Gasteiger partial charge >= 0.3 is 7.60 Å². The zero-order valence-electron chi connectivity index (χ0n) is 8.80. The van der Waals surface area contributed by atoms with Crippen LogP contribution in [0.15, 0.2) is 60.7 Å². The molecular weight excluding hydrogens is 282 g/mol. The Balaban J connectivity index is 0.00000144. The van der Waals surface area contributed by atoms with Gasteiger partial charge in [0.15, 0.2) is 0 Å². The molecule has 0 amide bonds. The van der Waals surface area contributed by atoms with Gasteiger partial charge in [0.2, 0.25) is 0 Å². The molecule has 0 fully saturated rings. The van der Waals surface area contributed by atoms with Crippen LogP contribution < -0.4 is 9.83 Å². The molecule has 1 N–H and O–H groups in total. The summed E-state index contributed by atoms with van der Waals surface area (Å²) in [6.07, 6.45) is 0. The number of hydrogen-bond donors (Lipinski definition) is 1. The van der Waals surface area contributed by atoms with Crippen molar-refractivity contribution in [2.75, 3.05) is 0 Å². The number of rotatable bonds is 3. The van der Waals surface area contributed by atoms with Gasteiger partial charge in [-0.2, -0.15) is 0 Å². The van der Waals surface area contributed by atoms with Gasteiger partial charge in [0.05, 0.1) is 5.30 Å². The first-order chi connectivity index (χ1) is 7.68. The first-order valence-corrected chi connectivity index (χ1v) is 6.39. The van der Waals surface area contributed by atoms with Crippen molar-refractivity contribution in [3.05, 3.63) is 60.7 Å². The second-order valence-electron chi connectivity index (χ2n) is 3.26. The van der Waals surface area contributed by atoms with Gasteiger partial charge in [-0.05, 0) is 24.3 Å². The maximum Gasteiger partial charge on any atom is 0.408 e.